The van der Waals surface area contributed by atoms with Gasteiger partial charge in [0.15, 0.2) is 23.2 Å². The molecule has 0 aliphatic carbocycles. The average molecular weight is 673 g/mol. The molecule has 1 aliphatic heterocycles. The molecule has 0 radical (unpaired) electrons. The second kappa shape index (κ2) is 12.0. The molecule has 7 N–H and O–H groups in total. The molecule has 0 bridgehead atoms. The summed E-state index contributed by atoms with van der Waals surface area (Å²) in [5, 5.41) is 46.0. The second-order valence-electron chi connectivity index (χ2n) is 8.32. The fraction of sp³-hybridized carbons (Fsp3) is 0.312. The molecular weight excluding hydrogens is 655 g/mol. The third kappa shape index (κ3) is 7.60. The van der Waals surface area contributed by atoms with E-state index in [0.29, 0.717) is 0 Å². The van der Waals surface area contributed by atoms with Gasteiger partial charge in [-0.05, 0) is 6.07 Å². The van der Waals surface area contributed by atoms with Gasteiger partial charge >= 0.3 is 23.5 Å². The Bertz CT molecular complexity index is 1710. The van der Waals surface area contributed by atoms with Gasteiger partial charge < -0.3 is 39.8 Å². The van der Waals surface area contributed by atoms with Gasteiger partial charge in [0.1, 0.15) is 30.3 Å². The molecule has 1 fully saturated rings. The number of aliphatic hydroxyl groups is 2. The smallest absolute Gasteiger partial charge is 0.387 e. The van der Waals surface area contributed by atoms with Crippen molar-refractivity contribution >= 4 is 57.5 Å². The number of phosphoric ester groups is 1. The van der Waals surface area contributed by atoms with Crippen molar-refractivity contribution in [3.63, 3.8) is 0 Å². The molecule has 3 aromatic rings. The van der Waals surface area contributed by atoms with Crippen LogP contribution in [0.5, 0.6) is 0 Å². The Labute approximate surface area is 236 Å². The van der Waals surface area contributed by atoms with Crippen LogP contribution in [-0.2, 0) is 31.6 Å². The highest BCUT2D eigenvalue weighted by Crippen LogP contribution is 2.66. The maximum absolute atomic E-state index is 12.0. The number of anilines is 2. The number of benzene rings is 1. The van der Waals surface area contributed by atoms with E-state index in [1.165, 1.54) is 0 Å². The van der Waals surface area contributed by atoms with Crippen LogP contribution in [0.3, 0.4) is 0 Å². The van der Waals surface area contributed by atoms with Crippen LogP contribution in [0.1, 0.15) is 6.23 Å². The van der Waals surface area contributed by atoms with Crippen molar-refractivity contribution in [1.29, 1.82) is 0 Å². The van der Waals surface area contributed by atoms with E-state index in [0.717, 1.165) is 35.4 Å². The summed E-state index contributed by atoms with van der Waals surface area (Å²) in [5.74, 6) is -0.113. The SMILES string of the molecule is O=[N+]([O-])c1ccc(Nc2ncnc3c2ncn3[C@@H]2O[C@H](COP(=O)(O)OP(=O)(O)OP(=O)(O)O)[C@@H](O)[C@H]2O)c([N+](=O)[O-])c1. The number of fused-ring (bicyclic) bond motifs is 1. The molecule has 24 nitrogen and oxygen atoms in total. The van der Waals surface area contributed by atoms with Crippen molar-refractivity contribution in [2.24, 2.45) is 0 Å². The summed E-state index contributed by atoms with van der Waals surface area (Å²) in [5.41, 5.74) is -1.49. The first-order valence-electron chi connectivity index (χ1n) is 11.0. The van der Waals surface area contributed by atoms with Gasteiger partial charge in [0.25, 0.3) is 11.4 Å². The fourth-order valence-electron chi connectivity index (χ4n) is 3.72. The molecule has 0 amide bonds. The number of nitro benzene ring substituents is 2. The third-order valence-electron chi connectivity index (χ3n) is 5.43. The minimum Gasteiger partial charge on any atom is -0.387 e. The topological polar surface area (TPSA) is 351 Å². The van der Waals surface area contributed by atoms with Gasteiger partial charge in [-0.1, -0.05) is 0 Å². The van der Waals surface area contributed by atoms with Crippen LogP contribution in [0.2, 0.25) is 0 Å². The van der Waals surface area contributed by atoms with E-state index in [1.807, 2.05) is 0 Å². The minimum absolute atomic E-state index is 0.0443. The first kappa shape index (κ1) is 32.6. The molecule has 3 heterocycles. The molecule has 43 heavy (non-hydrogen) atoms. The van der Waals surface area contributed by atoms with Crippen LogP contribution in [0, 0.1) is 20.2 Å². The Kier molecular flexibility index (Phi) is 9.07. The Hall–Kier alpha value is -3.34. The lowest BCUT2D eigenvalue weighted by molar-refractivity contribution is -0.393. The van der Waals surface area contributed by atoms with Crippen LogP contribution in [0.4, 0.5) is 22.9 Å². The zero-order valence-electron chi connectivity index (χ0n) is 20.6. The summed E-state index contributed by atoms with van der Waals surface area (Å²) >= 11 is 0. The molecule has 27 heteroatoms. The fourth-order valence-corrected chi connectivity index (χ4v) is 6.75. The molecule has 6 atom stereocenters. The van der Waals surface area contributed by atoms with Gasteiger partial charge in [-0.25, -0.2) is 28.6 Å². The molecule has 4 rings (SSSR count). The van der Waals surface area contributed by atoms with Crippen LogP contribution in [0.15, 0.2) is 30.9 Å². The third-order valence-corrected chi connectivity index (χ3v) is 9.23. The molecule has 0 spiro atoms. The molecule has 1 aromatic carbocycles. The lowest BCUT2D eigenvalue weighted by Crippen LogP contribution is -2.33. The molecule has 234 valence electrons. The second-order valence-corrected chi connectivity index (χ2v) is 12.7. The van der Waals surface area contributed by atoms with E-state index in [9.17, 15) is 53.9 Å². The number of ether oxygens (including phenoxy) is 1. The number of nitro groups is 2. The summed E-state index contributed by atoms with van der Waals surface area (Å²) in [6.45, 7) is -1.07. The largest absolute Gasteiger partial charge is 0.490 e. The Balaban J connectivity index is 1.52. The standard InChI is InChI=1S/C16H18N7O17P3/c24-12-10(4-37-42(33,34)40-43(35,36)39-41(30,31)32)38-16(13(12)25)21-6-19-11-14(17-5-18-15(11)21)20-8-2-1-7(22(26)27)3-9(8)23(28)29/h1-3,5-6,10,12-13,16,24-25H,4H2,(H,33,34)(H,35,36)(H,17,18,20)(H2,30,31,32)/t10-,12-,13-,16-/m1/s1. The number of imidazole rings is 1. The molecular formula is C16H18N7O17P3. The number of phosphoric acid groups is 3. The highest BCUT2D eigenvalue weighted by Gasteiger charge is 2.47. The number of hydrogen-bond acceptors (Lipinski definition) is 17. The van der Waals surface area contributed by atoms with Crippen LogP contribution < -0.4 is 5.32 Å². The highest BCUT2D eigenvalue weighted by molar-refractivity contribution is 7.66. The summed E-state index contributed by atoms with van der Waals surface area (Å²) in [7, 11) is -17.0. The summed E-state index contributed by atoms with van der Waals surface area (Å²) in [6.07, 6.45) is -4.63. The van der Waals surface area contributed by atoms with Crippen molar-refractivity contribution in [3.8, 4) is 0 Å². The van der Waals surface area contributed by atoms with Crippen LogP contribution >= 0.6 is 23.5 Å². The van der Waals surface area contributed by atoms with E-state index in [4.69, 9.17) is 14.5 Å². The number of nitrogens with zero attached hydrogens (tertiary/aromatic N) is 6. The predicted molar refractivity (Wildman–Crippen MR) is 134 cm³/mol. The summed E-state index contributed by atoms with van der Waals surface area (Å²) in [4.78, 5) is 68.8. The van der Waals surface area contributed by atoms with E-state index in [2.05, 4.69) is 33.4 Å². The maximum Gasteiger partial charge on any atom is 0.490 e. The van der Waals surface area contributed by atoms with Gasteiger partial charge in [0.05, 0.1) is 28.8 Å². The van der Waals surface area contributed by atoms with E-state index in [-0.39, 0.29) is 22.7 Å². The zero-order valence-corrected chi connectivity index (χ0v) is 23.3. The number of hydrogen-bond donors (Lipinski definition) is 7. The maximum atomic E-state index is 12.0. The number of aromatic nitrogens is 4. The Morgan fingerprint density at radius 3 is 2.30 bits per heavy atom. The summed E-state index contributed by atoms with van der Waals surface area (Å²) < 4.78 is 52.4. The van der Waals surface area contributed by atoms with Crippen molar-refractivity contribution in [2.45, 2.75) is 24.5 Å². The number of aliphatic hydroxyl groups excluding tert-OH is 2. The number of rotatable bonds is 12. The van der Waals surface area contributed by atoms with Crippen molar-refractivity contribution in [1.82, 2.24) is 19.5 Å². The van der Waals surface area contributed by atoms with Crippen molar-refractivity contribution < 1.29 is 71.2 Å². The quantitative estimate of drug-likeness (QED) is 0.0774. The number of nitrogens with one attached hydrogen (secondary N) is 1. The monoisotopic (exact) mass is 673 g/mol. The van der Waals surface area contributed by atoms with Crippen LogP contribution in [0.25, 0.3) is 11.2 Å². The number of non-ortho nitro benzene ring substituents is 1. The van der Waals surface area contributed by atoms with E-state index in [1.54, 1.807) is 0 Å². The van der Waals surface area contributed by atoms with E-state index >= 15 is 0 Å². The molecule has 1 aliphatic rings. The van der Waals surface area contributed by atoms with Crippen LogP contribution in [-0.4, -0.2) is 84.1 Å². The molecule has 0 saturated carbocycles. The van der Waals surface area contributed by atoms with Crippen molar-refractivity contribution in [3.05, 3.63) is 51.1 Å². The van der Waals surface area contributed by atoms with Gasteiger partial charge in [0.2, 0.25) is 0 Å². The first-order valence-corrected chi connectivity index (χ1v) is 15.6. The first-order chi connectivity index (χ1) is 19.9. The van der Waals surface area contributed by atoms with Gasteiger partial charge in [-0.15, -0.1) is 0 Å². The van der Waals surface area contributed by atoms with Gasteiger partial charge in [0, 0.05) is 6.07 Å². The predicted octanol–water partition coefficient (Wildman–Crippen LogP) is 0.349. The zero-order chi connectivity index (χ0) is 31.9. The van der Waals surface area contributed by atoms with E-state index < -0.39 is 75.8 Å². The average Bonchev–Trinajstić information content (AvgIpc) is 3.42. The van der Waals surface area contributed by atoms with Crippen molar-refractivity contribution in [2.75, 3.05) is 11.9 Å². The Morgan fingerprint density at radius 2 is 1.67 bits per heavy atom. The van der Waals surface area contributed by atoms with Gasteiger partial charge in [-0.2, -0.15) is 8.62 Å². The lowest BCUT2D eigenvalue weighted by atomic mass is 10.1. The molecule has 1 saturated heterocycles. The normalized spacial score (nSPS) is 23.5. The molecule has 2 unspecified atom stereocenters. The van der Waals surface area contributed by atoms with Gasteiger partial charge in [-0.3, -0.25) is 29.3 Å². The molecule has 2 aromatic heterocycles. The minimum atomic E-state index is -5.80. The highest BCUT2D eigenvalue weighted by atomic mass is 31.3. The Morgan fingerprint density at radius 1 is 0.977 bits per heavy atom. The summed E-state index contributed by atoms with van der Waals surface area (Å²) in [6, 6.07) is 2.81. The lowest BCUT2D eigenvalue weighted by Gasteiger charge is -2.19.